The molecule has 0 amide bonds. The summed E-state index contributed by atoms with van der Waals surface area (Å²) in [4.78, 5) is 11.7. The molecule has 0 spiro atoms. The molecular formula is C12H10ClN5O. The van der Waals surface area contributed by atoms with E-state index in [1.54, 1.807) is 12.1 Å². The fourth-order valence-electron chi connectivity index (χ4n) is 1.38. The Balaban J connectivity index is 2.05. The van der Waals surface area contributed by atoms with Crippen LogP contribution < -0.4 is 10.1 Å². The number of anilines is 1. The third kappa shape index (κ3) is 3.53. The van der Waals surface area contributed by atoms with E-state index in [2.05, 4.69) is 26.3 Å². The van der Waals surface area contributed by atoms with Crippen molar-refractivity contribution in [1.82, 2.24) is 15.0 Å². The van der Waals surface area contributed by atoms with Gasteiger partial charge in [-0.2, -0.15) is 20.2 Å². The van der Waals surface area contributed by atoms with Crippen LogP contribution in [0.25, 0.3) is 0 Å². The van der Waals surface area contributed by atoms with Crippen LogP contribution in [0.15, 0.2) is 24.3 Å². The molecule has 1 N–H and O–H groups in total. The SMILES string of the molecule is COc1nc(Cl)nc(NCc2ccc(C#N)cc2)n1. The van der Waals surface area contributed by atoms with Gasteiger partial charge in [-0.15, -0.1) is 0 Å². The van der Waals surface area contributed by atoms with E-state index in [9.17, 15) is 0 Å². The van der Waals surface area contributed by atoms with Crippen molar-refractivity contribution in [3.05, 3.63) is 40.7 Å². The molecule has 0 aliphatic heterocycles. The normalized spacial score (nSPS) is 9.74. The molecule has 0 radical (unpaired) electrons. The zero-order valence-electron chi connectivity index (χ0n) is 10.1. The Morgan fingerprint density at radius 1 is 1.26 bits per heavy atom. The number of hydrogen-bond acceptors (Lipinski definition) is 6. The highest BCUT2D eigenvalue weighted by molar-refractivity contribution is 6.28. The van der Waals surface area contributed by atoms with Gasteiger partial charge in [0.1, 0.15) is 0 Å². The second-order valence-electron chi connectivity index (χ2n) is 3.58. The van der Waals surface area contributed by atoms with Crippen LogP contribution in [0.4, 0.5) is 5.95 Å². The Labute approximate surface area is 115 Å². The van der Waals surface area contributed by atoms with Crippen molar-refractivity contribution in [3.63, 3.8) is 0 Å². The summed E-state index contributed by atoms with van der Waals surface area (Å²) in [5, 5.41) is 11.8. The Kier molecular flexibility index (Phi) is 4.11. The summed E-state index contributed by atoms with van der Waals surface area (Å²) in [5.74, 6) is 0.334. The van der Waals surface area contributed by atoms with Crippen LogP contribution in [0.2, 0.25) is 5.28 Å². The molecule has 6 nitrogen and oxygen atoms in total. The molecule has 7 heteroatoms. The molecule has 0 aliphatic rings. The summed E-state index contributed by atoms with van der Waals surface area (Å²) in [5.41, 5.74) is 1.61. The maximum atomic E-state index is 8.70. The van der Waals surface area contributed by atoms with Crippen LogP contribution in [-0.4, -0.2) is 22.1 Å². The van der Waals surface area contributed by atoms with Crippen LogP contribution in [-0.2, 0) is 6.54 Å². The number of nitrogens with one attached hydrogen (secondary N) is 1. The van der Waals surface area contributed by atoms with Gasteiger partial charge in [-0.3, -0.25) is 0 Å². The lowest BCUT2D eigenvalue weighted by Crippen LogP contribution is -2.06. The molecular weight excluding hydrogens is 266 g/mol. The molecule has 2 aromatic rings. The van der Waals surface area contributed by atoms with Gasteiger partial charge in [-0.05, 0) is 29.3 Å². The summed E-state index contributed by atoms with van der Waals surface area (Å²) in [7, 11) is 1.45. The van der Waals surface area contributed by atoms with Gasteiger partial charge in [0.05, 0.1) is 18.7 Å². The van der Waals surface area contributed by atoms with E-state index in [0.717, 1.165) is 5.56 Å². The zero-order chi connectivity index (χ0) is 13.7. The smallest absolute Gasteiger partial charge is 0.322 e. The molecule has 0 saturated heterocycles. The van der Waals surface area contributed by atoms with Gasteiger partial charge in [0.25, 0.3) is 0 Å². The van der Waals surface area contributed by atoms with E-state index < -0.39 is 0 Å². The lowest BCUT2D eigenvalue weighted by molar-refractivity contribution is 0.379. The number of nitrogens with zero attached hydrogens (tertiary/aromatic N) is 4. The second kappa shape index (κ2) is 5.98. The van der Waals surface area contributed by atoms with Gasteiger partial charge in [-0.25, -0.2) is 0 Å². The van der Waals surface area contributed by atoms with E-state index in [1.807, 2.05) is 12.1 Å². The number of rotatable bonds is 4. The number of benzene rings is 1. The van der Waals surface area contributed by atoms with Crippen molar-refractivity contribution in [2.45, 2.75) is 6.54 Å². The molecule has 2 rings (SSSR count). The molecule has 0 aliphatic carbocycles. The topological polar surface area (TPSA) is 83.7 Å². The molecule has 0 fully saturated rings. The highest BCUT2D eigenvalue weighted by Crippen LogP contribution is 2.12. The van der Waals surface area contributed by atoms with Crippen molar-refractivity contribution in [3.8, 4) is 12.1 Å². The fraction of sp³-hybridized carbons (Fsp3) is 0.167. The monoisotopic (exact) mass is 275 g/mol. The maximum Gasteiger partial charge on any atom is 0.322 e. The van der Waals surface area contributed by atoms with Crippen molar-refractivity contribution >= 4 is 17.5 Å². The Morgan fingerprint density at radius 3 is 2.63 bits per heavy atom. The minimum atomic E-state index is 0.0641. The molecule has 1 heterocycles. The van der Waals surface area contributed by atoms with Gasteiger partial charge in [0.15, 0.2) is 0 Å². The number of ether oxygens (including phenoxy) is 1. The van der Waals surface area contributed by atoms with Crippen LogP contribution in [0.5, 0.6) is 6.01 Å². The molecule has 0 saturated carbocycles. The van der Waals surface area contributed by atoms with Crippen LogP contribution in [0.1, 0.15) is 11.1 Å². The van der Waals surface area contributed by atoms with E-state index >= 15 is 0 Å². The predicted molar refractivity (Wildman–Crippen MR) is 69.9 cm³/mol. The van der Waals surface area contributed by atoms with Gasteiger partial charge >= 0.3 is 6.01 Å². The highest BCUT2D eigenvalue weighted by Gasteiger charge is 2.04. The average molecular weight is 276 g/mol. The first kappa shape index (κ1) is 13.1. The van der Waals surface area contributed by atoms with Crippen molar-refractivity contribution in [2.24, 2.45) is 0 Å². The molecule has 0 atom stereocenters. The summed E-state index contributed by atoms with van der Waals surface area (Å²) in [6.07, 6.45) is 0. The second-order valence-corrected chi connectivity index (χ2v) is 3.92. The van der Waals surface area contributed by atoms with Crippen LogP contribution >= 0.6 is 11.6 Å². The van der Waals surface area contributed by atoms with E-state index in [-0.39, 0.29) is 11.3 Å². The van der Waals surface area contributed by atoms with Gasteiger partial charge in [0, 0.05) is 6.54 Å². The third-order valence-electron chi connectivity index (χ3n) is 2.30. The van der Waals surface area contributed by atoms with Gasteiger partial charge < -0.3 is 10.1 Å². The first-order valence-electron chi connectivity index (χ1n) is 5.40. The molecule has 96 valence electrons. The molecule has 0 bridgehead atoms. The lowest BCUT2D eigenvalue weighted by atomic mass is 10.1. The van der Waals surface area contributed by atoms with E-state index in [1.165, 1.54) is 7.11 Å². The van der Waals surface area contributed by atoms with Crippen molar-refractivity contribution < 1.29 is 4.74 Å². The average Bonchev–Trinajstić information content (AvgIpc) is 2.45. The zero-order valence-corrected chi connectivity index (χ0v) is 10.8. The largest absolute Gasteiger partial charge is 0.467 e. The quantitative estimate of drug-likeness (QED) is 0.919. The van der Waals surface area contributed by atoms with Crippen LogP contribution in [0.3, 0.4) is 0 Å². The number of aromatic nitrogens is 3. The van der Waals surface area contributed by atoms with Gasteiger partial charge in [-0.1, -0.05) is 12.1 Å². The summed E-state index contributed by atoms with van der Waals surface area (Å²) in [6, 6.07) is 9.42. The molecule has 0 unspecified atom stereocenters. The summed E-state index contributed by atoms with van der Waals surface area (Å²) in [6.45, 7) is 0.509. The minimum Gasteiger partial charge on any atom is -0.467 e. The molecule has 1 aromatic heterocycles. The van der Waals surface area contributed by atoms with Gasteiger partial charge in [0.2, 0.25) is 11.2 Å². The predicted octanol–water partition coefficient (Wildman–Crippen LogP) is 2.02. The third-order valence-corrected chi connectivity index (χ3v) is 2.47. The van der Waals surface area contributed by atoms with Crippen molar-refractivity contribution in [2.75, 3.05) is 12.4 Å². The number of nitriles is 1. The Bertz CT molecular complexity index is 609. The summed E-state index contributed by atoms with van der Waals surface area (Å²) >= 11 is 5.73. The number of hydrogen-bond donors (Lipinski definition) is 1. The maximum absolute atomic E-state index is 8.70. The first-order chi connectivity index (χ1) is 9.21. The van der Waals surface area contributed by atoms with E-state index in [4.69, 9.17) is 21.6 Å². The number of methoxy groups -OCH3 is 1. The van der Waals surface area contributed by atoms with Crippen molar-refractivity contribution in [1.29, 1.82) is 5.26 Å². The Morgan fingerprint density at radius 2 is 2.00 bits per heavy atom. The lowest BCUT2D eigenvalue weighted by Gasteiger charge is -2.06. The Hall–Kier alpha value is -2.39. The summed E-state index contributed by atoms with van der Waals surface area (Å²) < 4.78 is 4.90. The van der Waals surface area contributed by atoms with E-state index in [0.29, 0.717) is 18.1 Å². The molecule has 19 heavy (non-hydrogen) atoms. The fourth-order valence-corrected chi connectivity index (χ4v) is 1.53. The molecule has 1 aromatic carbocycles. The minimum absolute atomic E-state index is 0.0641. The van der Waals surface area contributed by atoms with Crippen LogP contribution in [0, 0.1) is 11.3 Å². The first-order valence-corrected chi connectivity index (χ1v) is 5.77. The number of halogens is 1. The highest BCUT2D eigenvalue weighted by atomic mass is 35.5. The standard InChI is InChI=1S/C12H10ClN5O/c1-19-12-17-10(13)16-11(18-12)15-7-9-4-2-8(6-14)3-5-9/h2-5H,7H2,1H3,(H,15,16,17,18).